The lowest BCUT2D eigenvalue weighted by Gasteiger charge is -2.34. The smallest absolute Gasteiger partial charge is 0.335 e. The topological polar surface area (TPSA) is 90.4 Å². The Labute approximate surface area is 175 Å². The summed E-state index contributed by atoms with van der Waals surface area (Å²) in [4.78, 5) is 24.9. The summed E-state index contributed by atoms with van der Waals surface area (Å²) < 4.78 is 65.7. The zero-order valence-corrected chi connectivity index (χ0v) is 17.4. The monoisotopic (exact) mass is 466 g/mol. The van der Waals surface area contributed by atoms with E-state index in [1.54, 1.807) is 0 Å². The Kier molecular flexibility index (Phi) is 6.12. The highest BCUT2D eigenvalue weighted by atomic mass is 35.5. The molecule has 0 unspecified atom stereocenters. The van der Waals surface area contributed by atoms with Gasteiger partial charge in [-0.1, -0.05) is 11.6 Å². The molecule has 1 saturated heterocycles. The molecule has 0 aromatic heterocycles. The van der Waals surface area contributed by atoms with Crippen LogP contribution in [0, 0.1) is 0 Å². The van der Waals surface area contributed by atoms with Crippen molar-refractivity contribution in [2.45, 2.75) is 23.9 Å². The molecule has 13 heteroatoms. The SMILES string of the molecule is CN1N=C(C(=O)N2CCN(S(=O)(=O)c3ccc(Cl)c(C(F)(F)F)c3)CC2)CCC1=O. The van der Waals surface area contributed by atoms with Crippen LogP contribution in [0.15, 0.2) is 28.2 Å². The van der Waals surface area contributed by atoms with Crippen molar-refractivity contribution in [2.24, 2.45) is 5.10 Å². The van der Waals surface area contributed by atoms with Gasteiger partial charge in [0.05, 0.1) is 15.5 Å². The van der Waals surface area contributed by atoms with Crippen molar-refractivity contribution < 1.29 is 31.2 Å². The first-order valence-corrected chi connectivity index (χ1v) is 10.7. The van der Waals surface area contributed by atoms with Gasteiger partial charge in [0.1, 0.15) is 5.71 Å². The van der Waals surface area contributed by atoms with Gasteiger partial charge >= 0.3 is 6.18 Å². The number of hydrogen-bond acceptors (Lipinski definition) is 5. The highest BCUT2D eigenvalue weighted by Gasteiger charge is 2.37. The van der Waals surface area contributed by atoms with Crippen molar-refractivity contribution in [3.8, 4) is 0 Å². The molecule has 1 fully saturated rings. The molecule has 1 aromatic rings. The van der Waals surface area contributed by atoms with E-state index in [4.69, 9.17) is 11.6 Å². The van der Waals surface area contributed by atoms with Crippen LogP contribution in [0.4, 0.5) is 13.2 Å². The number of piperazine rings is 1. The average molecular weight is 467 g/mol. The minimum atomic E-state index is -4.79. The summed E-state index contributed by atoms with van der Waals surface area (Å²) in [6.45, 7) is -0.0663. The number of carbonyl (C=O) groups is 2. The minimum Gasteiger partial charge on any atom is -0.335 e. The summed E-state index contributed by atoms with van der Waals surface area (Å²) in [6.07, 6.45) is -4.43. The fourth-order valence-electron chi connectivity index (χ4n) is 3.17. The van der Waals surface area contributed by atoms with Crippen LogP contribution in [0.3, 0.4) is 0 Å². The Morgan fingerprint density at radius 3 is 2.33 bits per heavy atom. The molecule has 0 radical (unpaired) electrons. The van der Waals surface area contributed by atoms with Crippen LogP contribution in [0.2, 0.25) is 5.02 Å². The summed E-state index contributed by atoms with van der Waals surface area (Å²) in [5.74, 6) is -0.596. The van der Waals surface area contributed by atoms with Crippen LogP contribution >= 0.6 is 11.6 Å². The van der Waals surface area contributed by atoms with Gasteiger partial charge in [0.2, 0.25) is 15.9 Å². The zero-order chi connectivity index (χ0) is 22.3. The number of carbonyl (C=O) groups excluding carboxylic acids is 2. The second-order valence-electron chi connectivity index (χ2n) is 6.80. The average Bonchev–Trinajstić information content (AvgIpc) is 2.69. The molecular weight excluding hydrogens is 449 g/mol. The molecule has 2 aliphatic heterocycles. The number of amides is 2. The molecule has 3 rings (SSSR count). The summed E-state index contributed by atoms with van der Waals surface area (Å²) in [5.41, 5.74) is -1.02. The second-order valence-corrected chi connectivity index (χ2v) is 9.14. The quantitative estimate of drug-likeness (QED) is 0.679. The van der Waals surface area contributed by atoms with Gasteiger partial charge in [-0.2, -0.15) is 22.6 Å². The fourth-order valence-corrected chi connectivity index (χ4v) is 4.84. The molecule has 0 atom stereocenters. The summed E-state index contributed by atoms with van der Waals surface area (Å²) in [7, 11) is -2.75. The number of rotatable bonds is 3. The number of nitrogens with zero attached hydrogens (tertiary/aromatic N) is 4. The van der Waals surface area contributed by atoms with E-state index in [1.807, 2.05) is 0 Å². The van der Waals surface area contributed by atoms with Crippen molar-refractivity contribution in [1.82, 2.24) is 14.2 Å². The van der Waals surface area contributed by atoms with E-state index in [-0.39, 0.29) is 50.6 Å². The molecule has 2 amide bonds. The summed E-state index contributed by atoms with van der Waals surface area (Å²) in [6, 6.07) is 2.43. The Hall–Kier alpha value is -2.18. The Bertz CT molecular complexity index is 1000. The lowest BCUT2D eigenvalue weighted by Crippen LogP contribution is -2.52. The highest BCUT2D eigenvalue weighted by Crippen LogP contribution is 2.36. The maximum absolute atomic E-state index is 13.1. The molecule has 2 aliphatic rings. The van der Waals surface area contributed by atoms with E-state index < -0.39 is 37.6 Å². The number of benzene rings is 1. The normalized spacial score (nSPS) is 19.1. The van der Waals surface area contributed by atoms with Gasteiger partial charge in [0.25, 0.3) is 5.91 Å². The molecular formula is C17H18ClF3N4O4S. The molecule has 0 spiro atoms. The van der Waals surface area contributed by atoms with E-state index in [0.717, 1.165) is 21.4 Å². The molecule has 1 aromatic carbocycles. The van der Waals surface area contributed by atoms with Gasteiger partial charge in [0.15, 0.2) is 0 Å². The molecule has 164 valence electrons. The van der Waals surface area contributed by atoms with Crippen LogP contribution in [0.5, 0.6) is 0 Å². The van der Waals surface area contributed by atoms with Crippen LogP contribution in [-0.2, 0) is 25.8 Å². The van der Waals surface area contributed by atoms with Gasteiger partial charge in [-0.25, -0.2) is 13.4 Å². The lowest BCUT2D eigenvalue weighted by molar-refractivity contribution is -0.137. The Balaban J connectivity index is 1.72. The van der Waals surface area contributed by atoms with Crippen molar-refractivity contribution >= 4 is 39.2 Å². The number of hydrazone groups is 1. The predicted octanol–water partition coefficient (Wildman–Crippen LogP) is 1.80. The molecule has 30 heavy (non-hydrogen) atoms. The van der Waals surface area contributed by atoms with Gasteiger partial charge in [-0.05, 0) is 18.2 Å². The van der Waals surface area contributed by atoms with E-state index in [0.29, 0.717) is 6.07 Å². The molecule has 0 N–H and O–H groups in total. The third kappa shape index (κ3) is 4.44. The second kappa shape index (κ2) is 8.16. The van der Waals surface area contributed by atoms with E-state index in [1.165, 1.54) is 11.9 Å². The maximum Gasteiger partial charge on any atom is 0.417 e. The first-order valence-electron chi connectivity index (χ1n) is 8.91. The van der Waals surface area contributed by atoms with Gasteiger partial charge in [0, 0.05) is 46.1 Å². The number of alkyl halides is 3. The molecule has 2 heterocycles. The molecule has 0 aliphatic carbocycles. The standard InChI is InChI=1S/C17H18ClF3N4O4S/c1-23-15(26)5-4-14(22-23)16(27)24-6-8-25(9-7-24)30(28,29)11-2-3-13(18)12(10-11)17(19,20)21/h2-3,10H,4-9H2,1H3. The van der Waals surface area contributed by atoms with E-state index >= 15 is 0 Å². The van der Waals surface area contributed by atoms with Crippen molar-refractivity contribution in [3.05, 3.63) is 28.8 Å². The highest BCUT2D eigenvalue weighted by molar-refractivity contribution is 7.89. The van der Waals surface area contributed by atoms with Crippen LogP contribution in [-0.4, -0.2) is 73.4 Å². The fraction of sp³-hybridized carbons (Fsp3) is 0.471. The third-order valence-electron chi connectivity index (χ3n) is 4.86. The first-order chi connectivity index (χ1) is 13.9. The number of halogens is 4. The number of hydrogen-bond donors (Lipinski definition) is 0. The lowest BCUT2D eigenvalue weighted by atomic mass is 10.1. The van der Waals surface area contributed by atoms with Crippen LogP contribution in [0.25, 0.3) is 0 Å². The summed E-state index contributed by atoms with van der Waals surface area (Å²) in [5, 5.41) is 4.46. The number of sulfonamides is 1. The molecule has 8 nitrogen and oxygen atoms in total. The molecule has 0 bridgehead atoms. The van der Waals surface area contributed by atoms with Crippen molar-refractivity contribution in [3.63, 3.8) is 0 Å². The van der Waals surface area contributed by atoms with Crippen LogP contribution < -0.4 is 0 Å². The van der Waals surface area contributed by atoms with Crippen molar-refractivity contribution in [1.29, 1.82) is 0 Å². The van der Waals surface area contributed by atoms with Crippen molar-refractivity contribution in [2.75, 3.05) is 33.2 Å². The van der Waals surface area contributed by atoms with Gasteiger partial charge in [-0.15, -0.1) is 0 Å². The minimum absolute atomic E-state index is 0.0501. The largest absolute Gasteiger partial charge is 0.417 e. The first kappa shape index (κ1) is 22.5. The Morgan fingerprint density at radius 1 is 1.13 bits per heavy atom. The van der Waals surface area contributed by atoms with E-state index in [9.17, 15) is 31.2 Å². The summed E-state index contributed by atoms with van der Waals surface area (Å²) >= 11 is 5.56. The van der Waals surface area contributed by atoms with Crippen LogP contribution in [0.1, 0.15) is 18.4 Å². The third-order valence-corrected chi connectivity index (χ3v) is 7.09. The van der Waals surface area contributed by atoms with E-state index in [2.05, 4.69) is 5.10 Å². The predicted molar refractivity (Wildman–Crippen MR) is 101 cm³/mol. The maximum atomic E-state index is 13.1. The van der Waals surface area contributed by atoms with Gasteiger partial charge in [-0.3, -0.25) is 9.59 Å². The zero-order valence-electron chi connectivity index (χ0n) is 15.8. The van der Waals surface area contributed by atoms with Gasteiger partial charge < -0.3 is 4.90 Å². The molecule has 0 saturated carbocycles. The Morgan fingerprint density at radius 2 is 1.77 bits per heavy atom.